The third-order valence-electron chi connectivity index (χ3n) is 2.13. The van der Waals surface area contributed by atoms with E-state index in [1.807, 2.05) is 0 Å². The molecule has 0 unspecified atom stereocenters. The largest absolute Gasteiger partial charge is 0.465 e. The molecule has 0 aromatic carbocycles. The van der Waals surface area contributed by atoms with E-state index in [-0.39, 0.29) is 0 Å². The van der Waals surface area contributed by atoms with E-state index >= 15 is 0 Å². The zero-order chi connectivity index (χ0) is 12.4. The number of ether oxygens (including phenoxy) is 1. The molecule has 0 aliphatic carbocycles. The number of aryl methyl sites for hydroxylation is 1. The van der Waals surface area contributed by atoms with E-state index in [1.54, 1.807) is 25.3 Å². The van der Waals surface area contributed by atoms with E-state index in [0.717, 1.165) is 0 Å². The monoisotopic (exact) mass is 268 g/mol. The molecule has 2 heterocycles. The topological polar surface area (TPSA) is 52.1 Å². The SMILES string of the molecule is COC(=O)c1sc(-c2ncccc2Cl)nc1C. The van der Waals surface area contributed by atoms with Gasteiger partial charge in [0.15, 0.2) is 0 Å². The molecule has 0 saturated heterocycles. The Morgan fingerprint density at radius 3 is 2.94 bits per heavy atom. The van der Waals surface area contributed by atoms with Crippen LogP contribution in [0.4, 0.5) is 0 Å². The highest BCUT2D eigenvalue weighted by molar-refractivity contribution is 7.17. The van der Waals surface area contributed by atoms with Crippen molar-refractivity contribution in [3.05, 3.63) is 33.9 Å². The molecule has 0 bridgehead atoms. The first-order valence-electron chi connectivity index (χ1n) is 4.80. The molecule has 0 radical (unpaired) electrons. The van der Waals surface area contributed by atoms with Gasteiger partial charge in [-0.3, -0.25) is 4.98 Å². The molecule has 17 heavy (non-hydrogen) atoms. The Kier molecular flexibility index (Phi) is 3.40. The first-order valence-corrected chi connectivity index (χ1v) is 5.99. The van der Waals surface area contributed by atoms with Gasteiger partial charge in [0.1, 0.15) is 15.6 Å². The van der Waals surface area contributed by atoms with Gasteiger partial charge in [-0.15, -0.1) is 11.3 Å². The summed E-state index contributed by atoms with van der Waals surface area (Å²) in [6.07, 6.45) is 1.63. The number of hydrogen-bond acceptors (Lipinski definition) is 5. The van der Waals surface area contributed by atoms with Crippen molar-refractivity contribution in [3.63, 3.8) is 0 Å². The number of pyridine rings is 1. The molecule has 0 aliphatic rings. The predicted octanol–water partition coefficient (Wildman–Crippen LogP) is 2.95. The standard InChI is InChI=1S/C11H9ClN2O2S/c1-6-9(11(15)16-2)17-10(14-6)8-7(12)4-3-5-13-8/h3-5H,1-2H3. The molecule has 0 spiro atoms. The van der Waals surface area contributed by atoms with Crippen molar-refractivity contribution in [2.24, 2.45) is 0 Å². The molecular formula is C11H9ClN2O2S. The Labute approximate surface area is 107 Å². The van der Waals surface area contributed by atoms with Gasteiger partial charge in [0.2, 0.25) is 0 Å². The van der Waals surface area contributed by atoms with Crippen molar-refractivity contribution in [1.82, 2.24) is 9.97 Å². The van der Waals surface area contributed by atoms with Crippen LogP contribution in [0.3, 0.4) is 0 Å². The maximum absolute atomic E-state index is 11.5. The first-order chi connectivity index (χ1) is 8.13. The van der Waals surface area contributed by atoms with Gasteiger partial charge in [0.25, 0.3) is 0 Å². The van der Waals surface area contributed by atoms with Crippen LogP contribution in [0.1, 0.15) is 15.4 Å². The highest BCUT2D eigenvalue weighted by Crippen LogP contribution is 2.31. The summed E-state index contributed by atoms with van der Waals surface area (Å²) in [5.41, 5.74) is 1.20. The summed E-state index contributed by atoms with van der Waals surface area (Å²) in [7, 11) is 1.34. The molecule has 0 aliphatic heterocycles. The number of rotatable bonds is 2. The summed E-state index contributed by atoms with van der Waals surface area (Å²) in [6.45, 7) is 1.75. The Balaban J connectivity index is 2.49. The number of nitrogens with zero attached hydrogens (tertiary/aromatic N) is 2. The van der Waals surface area contributed by atoms with Crippen molar-refractivity contribution >= 4 is 28.9 Å². The molecule has 0 amide bonds. The molecule has 0 saturated carbocycles. The zero-order valence-corrected chi connectivity index (χ0v) is 10.8. The Bertz CT molecular complexity index is 568. The van der Waals surface area contributed by atoms with Gasteiger partial charge in [-0.05, 0) is 19.1 Å². The molecule has 0 fully saturated rings. The lowest BCUT2D eigenvalue weighted by Gasteiger charge is -1.96. The van der Waals surface area contributed by atoms with Crippen LogP contribution >= 0.6 is 22.9 Å². The number of hydrogen-bond donors (Lipinski definition) is 0. The zero-order valence-electron chi connectivity index (χ0n) is 9.23. The lowest BCUT2D eigenvalue weighted by molar-refractivity contribution is 0.0605. The molecule has 4 nitrogen and oxygen atoms in total. The quantitative estimate of drug-likeness (QED) is 0.786. The van der Waals surface area contributed by atoms with Crippen LogP contribution in [0.5, 0.6) is 0 Å². The molecule has 2 aromatic rings. The molecule has 6 heteroatoms. The number of halogens is 1. The number of esters is 1. The Hall–Kier alpha value is -1.46. The van der Waals surface area contributed by atoms with Crippen LogP contribution in [0.2, 0.25) is 5.02 Å². The summed E-state index contributed by atoms with van der Waals surface area (Å²) in [5.74, 6) is -0.390. The highest BCUT2D eigenvalue weighted by Gasteiger charge is 2.18. The summed E-state index contributed by atoms with van der Waals surface area (Å²) < 4.78 is 4.67. The van der Waals surface area contributed by atoms with Gasteiger partial charge >= 0.3 is 5.97 Å². The number of aromatic nitrogens is 2. The van der Waals surface area contributed by atoms with Gasteiger partial charge in [0.05, 0.1) is 17.8 Å². The van der Waals surface area contributed by atoms with Crippen LogP contribution in [-0.4, -0.2) is 23.0 Å². The minimum absolute atomic E-state index is 0.390. The highest BCUT2D eigenvalue weighted by atomic mass is 35.5. The third kappa shape index (κ3) is 2.30. The Morgan fingerprint density at radius 2 is 2.29 bits per heavy atom. The van der Waals surface area contributed by atoms with E-state index in [2.05, 4.69) is 14.7 Å². The number of methoxy groups -OCH3 is 1. The van der Waals surface area contributed by atoms with Gasteiger partial charge in [-0.2, -0.15) is 0 Å². The van der Waals surface area contributed by atoms with E-state index < -0.39 is 5.97 Å². The van der Waals surface area contributed by atoms with Gasteiger partial charge < -0.3 is 4.74 Å². The fourth-order valence-electron chi connectivity index (χ4n) is 1.32. The summed E-state index contributed by atoms with van der Waals surface area (Å²) in [5, 5.41) is 1.13. The first kappa shape index (κ1) is 12.0. The van der Waals surface area contributed by atoms with Crippen LogP contribution in [0, 0.1) is 6.92 Å². The maximum Gasteiger partial charge on any atom is 0.349 e. The molecule has 88 valence electrons. The van der Waals surface area contributed by atoms with Crippen LogP contribution in [-0.2, 0) is 4.74 Å². The second-order valence-electron chi connectivity index (χ2n) is 3.26. The van der Waals surface area contributed by atoms with E-state index in [9.17, 15) is 4.79 Å². The van der Waals surface area contributed by atoms with E-state index in [4.69, 9.17) is 11.6 Å². The van der Waals surface area contributed by atoms with Crippen molar-refractivity contribution in [2.45, 2.75) is 6.92 Å². The van der Waals surface area contributed by atoms with Gasteiger partial charge in [0, 0.05) is 6.20 Å². The number of carbonyl (C=O) groups excluding carboxylic acids is 1. The summed E-state index contributed by atoms with van der Waals surface area (Å²) in [6, 6.07) is 3.48. The fourth-order valence-corrected chi connectivity index (χ4v) is 2.59. The lowest BCUT2D eigenvalue weighted by Crippen LogP contribution is -1.99. The summed E-state index contributed by atoms with van der Waals surface area (Å²) >= 11 is 7.25. The van der Waals surface area contributed by atoms with E-state index in [0.29, 0.717) is 26.3 Å². The smallest absolute Gasteiger partial charge is 0.349 e. The Morgan fingerprint density at radius 1 is 1.53 bits per heavy atom. The van der Waals surface area contributed by atoms with Crippen LogP contribution in [0.25, 0.3) is 10.7 Å². The minimum atomic E-state index is -0.390. The fraction of sp³-hybridized carbons (Fsp3) is 0.182. The van der Waals surface area contributed by atoms with Crippen molar-refractivity contribution in [1.29, 1.82) is 0 Å². The van der Waals surface area contributed by atoms with Crippen LogP contribution in [0.15, 0.2) is 18.3 Å². The second kappa shape index (κ2) is 4.81. The summed E-state index contributed by atoms with van der Waals surface area (Å²) in [4.78, 5) is 20.4. The molecule has 2 aromatic heterocycles. The van der Waals surface area contributed by atoms with Gasteiger partial charge in [-0.25, -0.2) is 9.78 Å². The lowest BCUT2D eigenvalue weighted by atomic mass is 10.3. The average Bonchev–Trinajstić information content (AvgIpc) is 2.71. The van der Waals surface area contributed by atoms with Crippen molar-refractivity contribution in [3.8, 4) is 10.7 Å². The van der Waals surface area contributed by atoms with Gasteiger partial charge in [-0.1, -0.05) is 11.6 Å². The molecule has 0 N–H and O–H groups in total. The second-order valence-corrected chi connectivity index (χ2v) is 4.67. The molecular weight excluding hydrogens is 260 g/mol. The molecule has 2 rings (SSSR count). The normalized spacial score (nSPS) is 10.3. The van der Waals surface area contributed by atoms with E-state index in [1.165, 1.54) is 18.4 Å². The molecule has 0 atom stereocenters. The number of thiazole rings is 1. The predicted molar refractivity (Wildman–Crippen MR) is 66.4 cm³/mol. The number of carbonyl (C=O) groups is 1. The third-order valence-corrected chi connectivity index (χ3v) is 3.58. The van der Waals surface area contributed by atoms with Crippen molar-refractivity contribution in [2.75, 3.05) is 7.11 Å². The van der Waals surface area contributed by atoms with Crippen LogP contribution < -0.4 is 0 Å². The maximum atomic E-state index is 11.5. The average molecular weight is 269 g/mol. The van der Waals surface area contributed by atoms with Crippen molar-refractivity contribution < 1.29 is 9.53 Å². The minimum Gasteiger partial charge on any atom is -0.465 e.